The van der Waals surface area contributed by atoms with Crippen molar-refractivity contribution >= 4 is 5.91 Å². The molecule has 2 aliphatic rings. The molecule has 0 radical (unpaired) electrons. The fraction of sp³-hybridized carbons (Fsp3) is 0.360. The van der Waals surface area contributed by atoms with Crippen molar-refractivity contribution in [1.29, 1.82) is 0 Å². The van der Waals surface area contributed by atoms with Crippen LogP contribution < -0.4 is 15.6 Å². The van der Waals surface area contributed by atoms with Crippen LogP contribution in [0.25, 0.3) is 11.3 Å². The Morgan fingerprint density at radius 1 is 1.20 bits per heavy atom. The summed E-state index contributed by atoms with van der Waals surface area (Å²) in [6.45, 7) is 5.78. The van der Waals surface area contributed by atoms with Crippen molar-refractivity contribution in [3.8, 4) is 17.0 Å². The first kappa shape index (κ1) is 23.1. The van der Waals surface area contributed by atoms with E-state index < -0.39 is 17.8 Å². The summed E-state index contributed by atoms with van der Waals surface area (Å²) in [4.78, 5) is 37.6. The Bertz CT molecular complexity index is 1310. The summed E-state index contributed by atoms with van der Waals surface area (Å²) in [5.41, 5.74) is 1.62. The van der Waals surface area contributed by atoms with Gasteiger partial charge in [-0.3, -0.25) is 24.0 Å². The molecular weight excluding hydrogens is 453 g/mol. The van der Waals surface area contributed by atoms with Crippen molar-refractivity contribution in [3.05, 3.63) is 75.8 Å². The standard InChI is InChI=1S/C25H26FN5O4/c1-15(2)30-7-8-31-22(32)11-20(16-3-5-27-6-4-16)28-24(31)21(12-30)29-25(33)19-10-18(26)9-17-13-34-14-35-23(17)19/h3-6,9-11,15,21H,7-8,12-14H2,1-2H3,(H,29,33). The molecule has 5 rings (SSSR count). The summed E-state index contributed by atoms with van der Waals surface area (Å²) in [7, 11) is 0. The van der Waals surface area contributed by atoms with Gasteiger partial charge >= 0.3 is 0 Å². The summed E-state index contributed by atoms with van der Waals surface area (Å²) in [6, 6.07) is 7.09. The lowest BCUT2D eigenvalue weighted by Crippen LogP contribution is -2.41. The van der Waals surface area contributed by atoms with Gasteiger partial charge in [0.25, 0.3) is 11.5 Å². The number of amides is 1. The summed E-state index contributed by atoms with van der Waals surface area (Å²) >= 11 is 0. The van der Waals surface area contributed by atoms with Gasteiger partial charge in [0.05, 0.1) is 17.9 Å². The number of nitrogens with zero attached hydrogens (tertiary/aromatic N) is 4. The van der Waals surface area contributed by atoms with Gasteiger partial charge in [-0.15, -0.1) is 0 Å². The number of carbonyl (C=O) groups excluding carboxylic acids is 1. The van der Waals surface area contributed by atoms with E-state index in [1.165, 1.54) is 12.1 Å². The Hall–Kier alpha value is -3.63. The number of pyridine rings is 1. The molecule has 35 heavy (non-hydrogen) atoms. The van der Waals surface area contributed by atoms with Crippen LogP contribution in [0.5, 0.6) is 5.75 Å². The third-order valence-corrected chi connectivity index (χ3v) is 6.31. The lowest BCUT2D eigenvalue weighted by molar-refractivity contribution is -0.0171. The quantitative estimate of drug-likeness (QED) is 0.614. The van der Waals surface area contributed by atoms with E-state index >= 15 is 0 Å². The minimum atomic E-state index is -0.611. The van der Waals surface area contributed by atoms with E-state index in [-0.39, 0.29) is 30.6 Å². The fourth-order valence-corrected chi connectivity index (χ4v) is 4.48. The van der Waals surface area contributed by atoms with E-state index in [1.54, 1.807) is 29.1 Å². The van der Waals surface area contributed by atoms with Crippen LogP contribution in [0.1, 0.15) is 41.6 Å². The molecule has 1 unspecified atom stereocenters. The number of nitrogens with one attached hydrogen (secondary N) is 1. The van der Waals surface area contributed by atoms with Crippen LogP contribution in [0.15, 0.2) is 47.5 Å². The number of hydrogen-bond donors (Lipinski definition) is 1. The number of halogens is 1. The highest BCUT2D eigenvalue weighted by molar-refractivity contribution is 5.97. The van der Waals surface area contributed by atoms with Crippen LogP contribution in [-0.2, 0) is 17.9 Å². The fourth-order valence-electron chi connectivity index (χ4n) is 4.48. The van der Waals surface area contributed by atoms with Gasteiger partial charge in [-0.1, -0.05) is 0 Å². The zero-order chi connectivity index (χ0) is 24.5. The normalized spacial score (nSPS) is 17.8. The molecule has 2 aliphatic heterocycles. The molecule has 1 atom stereocenters. The first-order valence-electron chi connectivity index (χ1n) is 11.5. The number of hydrogen-bond acceptors (Lipinski definition) is 7. The van der Waals surface area contributed by atoms with E-state index in [2.05, 4.69) is 29.0 Å². The van der Waals surface area contributed by atoms with Crippen molar-refractivity contribution < 1.29 is 18.7 Å². The molecule has 0 fully saturated rings. The molecule has 182 valence electrons. The van der Waals surface area contributed by atoms with Gasteiger partial charge in [0, 0.05) is 55.3 Å². The average molecular weight is 480 g/mol. The third kappa shape index (κ3) is 4.67. The van der Waals surface area contributed by atoms with Crippen molar-refractivity contribution in [2.75, 3.05) is 19.9 Å². The second-order valence-electron chi connectivity index (χ2n) is 8.89. The van der Waals surface area contributed by atoms with E-state index in [4.69, 9.17) is 14.5 Å². The predicted molar refractivity (Wildman–Crippen MR) is 125 cm³/mol. The number of aromatic nitrogens is 3. The summed E-state index contributed by atoms with van der Waals surface area (Å²) in [6.07, 6.45) is 3.27. The molecule has 2 aromatic heterocycles. The van der Waals surface area contributed by atoms with Crippen molar-refractivity contribution in [2.24, 2.45) is 0 Å². The first-order valence-corrected chi connectivity index (χ1v) is 11.5. The van der Waals surface area contributed by atoms with Crippen molar-refractivity contribution in [2.45, 2.75) is 39.1 Å². The smallest absolute Gasteiger partial charge is 0.255 e. The molecule has 9 nitrogen and oxygen atoms in total. The van der Waals surface area contributed by atoms with E-state index in [0.717, 1.165) is 11.6 Å². The SMILES string of the molecule is CC(C)N1CCn2c(nc(-c3ccncc3)cc2=O)C(NC(=O)c2cc(F)cc3c2OCOC3)C1. The maximum atomic E-state index is 14.3. The van der Waals surface area contributed by atoms with Gasteiger partial charge in [-0.2, -0.15) is 0 Å². The maximum Gasteiger partial charge on any atom is 0.255 e. The van der Waals surface area contributed by atoms with Crippen LogP contribution in [0.3, 0.4) is 0 Å². The van der Waals surface area contributed by atoms with E-state index in [9.17, 15) is 14.0 Å². The summed E-state index contributed by atoms with van der Waals surface area (Å²) < 4.78 is 26.7. The van der Waals surface area contributed by atoms with Crippen LogP contribution in [0, 0.1) is 5.82 Å². The lowest BCUT2D eigenvalue weighted by atomic mass is 10.1. The molecule has 3 aromatic rings. The van der Waals surface area contributed by atoms with E-state index in [0.29, 0.717) is 42.5 Å². The molecule has 0 bridgehead atoms. The Kier molecular flexibility index (Phi) is 6.31. The Morgan fingerprint density at radius 3 is 2.77 bits per heavy atom. The van der Waals surface area contributed by atoms with Gasteiger partial charge in [0.2, 0.25) is 0 Å². The van der Waals surface area contributed by atoms with Gasteiger partial charge in [0.15, 0.2) is 6.79 Å². The second-order valence-corrected chi connectivity index (χ2v) is 8.89. The molecule has 4 heterocycles. The molecular formula is C25H26FN5O4. The highest BCUT2D eigenvalue weighted by Crippen LogP contribution is 2.30. The molecule has 0 aliphatic carbocycles. The van der Waals surface area contributed by atoms with Gasteiger partial charge in [-0.25, -0.2) is 9.37 Å². The number of ether oxygens (including phenoxy) is 2. The molecule has 1 aromatic carbocycles. The second kappa shape index (κ2) is 9.55. The van der Waals surface area contributed by atoms with Crippen molar-refractivity contribution in [1.82, 2.24) is 24.8 Å². The molecule has 0 saturated heterocycles. The average Bonchev–Trinajstić information content (AvgIpc) is 3.04. The van der Waals surface area contributed by atoms with Crippen LogP contribution >= 0.6 is 0 Å². The Morgan fingerprint density at radius 2 is 2.00 bits per heavy atom. The molecule has 10 heteroatoms. The first-order chi connectivity index (χ1) is 16.9. The third-order valence-electron chi connectivity index (χ3n) is 6.31. The number of benzene rings is 1. The Balaban J connectivity index is 1.56. The number of fused-ring (bicyclic) bond motifs is 2. The largest absolute Gasteiger partial charge is 0.466 e. The van der Waals surface area contributed by atoms with Gasteiger partial charge in [0.1, 0.15) is 23.4 Å². The van der Waals surface area contributed by atoms with Crippen molar-refractivity contribution in [3.63, 3.8) is 0 Å². The van der Waals surface area contributed by atoms with Gasteiger partial charge < -0.3 is 14.8 Å². The molecule has 1 amide bonds. The zero-order valence-corrected chi connectivity index (χ0v) is 19.5. The highest BCUT2D eigenvalue weighted by Gasteiger charge is 2.30. The van der Waals surface area contributed by atoms with Crippen LogP contribution in [0.2, 0.25) is 0 Å². The lowest BCUT2D eigenvalue weighted by Gasteiger charge is -2.28. The van der Waals surface area contributed by atoms with E-state index in [1.807, 2.05) is 0 Å². The molecule has 1 N–H and O–H groups in total. The minimum Gasteiger partial charge on any atom is -0.466 e. The van der Waals surface area contributed by atoms with Crippen LogP contribution in [0.4, 0.5) is 4.39 Å². The monoisotopic (exact) mass is 479 g/mol. The van der Waals surface area contributed by atoms with Crippen LogP contribution in [-0.4, -0.2) is 51.3 Å². The Labute approximate surface area is 201 Å². The minimum absolute atomic E-state index is 0.0153. The zero-order valence-electron chi connectivity index (χ0n) is 19.5. The number of carbonyl (C=O) groups is 1. The number of rotatable bonds is 4. The highest BCUT2D eigenvalue weighted by atomic mass is 19.1. The summed E-state index contributed by atoms with van der Waals surface area (Å²) in [5.74, 6) is -0.300. The molecule has 0 spiro atoms. The summed E-state index contributed by atoms with van der Waals surface area (Å²) in [5, 5.41) is 3.00. The topological polar surface area (TPSA) is 98.6 Å². The maximum absolute atomic E-state index is 14.3. The van der Waals surface area contributed by atoms with Gasteiger partial charge in [-0.05, 0) is 38.1 Å². The predicted octanol–water partition coefficient (Wildman–Crippen LogP) is 2.51. The molecule has 0 saturated carbocycles.